The molecule has 9 heteroatoms. The quantitative estimate of drug-likeness (QED) is 0.534. The predicted octanol–water partition coefficient (Wildman–Crippen LogP) is 5.95. The number of hydrogen-bond donors (Lipinski definition) is 1. The first-order valence-electron chi connectivity index (χ1n) is 11.7. The van der Waals surface area contributed by atoms with Gasteiger partial charge in [0.15, 0.2) is 5.66 Å². The summed E-state index contributed by atoms with van der Waals surface area (Å²) in [5.41, 5.74) is 4.57. The smallest absolute Gasteiger partial charge is 0.321 e. The number of carbonyl (C=O) groups is 1. The molecule has 0 aliphatic carbocycles. The fourth-order valence-electron chi connectivity index (χ4n) is 4.28. The van der Waals surface area contributed by atoms with E-state index in [1.54, 1.807) is 28.8 Å². The van der Waals surface area contributed by atoms with E-state index in [0.29, 0.717) is 48.1 Å². The molecule has 2 amide bonds. The number of nitrogens with zero attached hydrogens (tertiary/aromatic N) is 3. The molecule has 4 rings (SSSR count). The van der Waals surface area contributed by atoms with Crippen LogP contribution in [0.3, 0.4) is 0 Å². The van der Waals surface area contributed by atoms with Gasteiger partial charge in [-0.05, 0) is 42.9 Å². The summed E-state index contributed by atoms with van der Waals surface area (Å²) >= 11 is 7.98. The number of aliphatic imine (C=N–C) groups is 2. The van der Waals surface area contributed by atoms with Crippen molar-refractivity contribution in [2.75, 3.05) is 38.4 Å². The van der Waals surface area contributed by atoms with Crippen LogP contribution in [0.4, 0.5) is 10.5 Å². The van der Waals surface area contributed by atoms with Gasteiger partial charge in [-0.3, -0.25) is 4.99 Å². The van der Waals surface area contributed by atoms with Crippen molar-refractivity contribution in [1.82, 2.24) is 4.90 Å². The number of likely N-dealkylation sites (tertiary alicyclic amines) is 1. The Labute approximate surface area is 216 Å². The monoisotopic (exact) mass is 514 g/mol. The molecule has 1 fully saturated rings. The van der Waals surface area contributed by atoms with Gasteiger partial charge >= 0.3 is 6.03 Å². The lowest BCUT2D eigenvalue weighted by Gasteiger charge is -2.35. The fourth-order valence-corrected chi connectivity index (χ4v) is 5.33. The highest BCUT2D eigenvalue weighted by Gasteiger charge is 2.40. The van der Waals surface area contributed by atoms with Crippen molar-refractivity contribution in [1.29, 1.82) is 0 Å². The van der Waals surface area contributed by atoms with Crippen LogP contribution in [0.15, 0.2) is 40.3 Å². The largest absolute Gasteiger partial charge is 0.495 e. The van der Waals surface area contributed by atoms with Crippen LogP contribution >= 0.6 is 23.4 Å². The summed E-state index contributed by atoms with van der Waals surface area (Å²) in [6.07, 6.45) is 1.34. The number of carbonyl (C=O) groups excluding carboxylic acids is 1. The summed E-state index contributed by atoms with van der Waals surface area (Å²) in [5, 5.41) is 4.31. The highest BCUT2D eigenvalue weighted by Crippen LogP contribution is 2.38. The molecular formula is C26H31ClN4O3S. The van der Waals surface area contributed by atoms with Crippen LogP contribution in [0, 0.1) is 13.8 Å². The summed E-state index contributed by atoms with van der Waals surface area (Å²) in [6.45, 7) is 7.46. The first-order chi connectivity index (χ1) is 16.8. The van der Waals surface area contributed by atoms with Crippen LogP contribution < -0.4 is 14.8 Å². The van der Waals surface area contributed by atoms with Gasteiger partial charge in [0.05, 0.1) is 30.6 Å². The third-order valence-corrected chi connectivity index (χ3v) is 7.60. The van der Waals surface area contributed by atoms with E-state index in [9.17, 15) is 4.79 Å². The minimum atomic E-state index is -0.510. The van der Waals surface area contributed by atoms with Crippen molar-refractivity contribution in [2.24, 2.45) is 9.98 Å². The van der Waals surface area contributed by atoms with E-state index in [0.717, 1.165) is 22.1 Å². The SMILES string of the molecule is CCSC1=NC2(CCN(C(=O)Nc3cc(Cl)c(OC)cc3OC)CC2)N=C1c1ccc(C)c(C)c1. The van der Waals surface area contributed by atoms with Crippen LogP contribution in [0.1, 0.15) is 36.5 Å². The summed E-state index contributed by atoms with van der Waals surface area (Å²) in [4.78, 5) is 25.0. The highest BCUT2D eigenvalue weighted by atomic mass is 35.5. The Balaban J connectivity index is 1.49. The summed E-state index contributed by atoms with van der Waals surface area (Å²) < 4.78 is 10.6. The molecule has 186 valence electrons. The molecule has 0 bridgehead atoms. The number of aryl methyl sites for hydroxylation is 2. The zero-order chi connectivity index (χ0) is 25.2. The van der Waals surface area contributed by atoms with E-state index in [2.05, 4.69) is 44.3 Å². The van der Waals surface area contributed by atoms with Crippen LogP contribution in [-0.2, 0) is 0 Å². The molecule has 2 heterocycles. The number of rotatable bonds is 5. The van der Waals surface area contributed by atoms with E-state index in [-0.39, 0.29) is 6.03 Å². The molecule has 2 aliphatic heterocycles. The molecule has 2 aromatic carbocycles. The van der Waals surface area contributed by atoms with Crippen molar-refractivity contribution >= 4 is 45.8 Å². The van der Waals surface area contributed by atoms with Crippen LogP contribution in [0.2, 0.25) is 5.02 Å². The van der Waals surface area contributed by atoms with Gasteiger partial charge in [0.25, 0.3) is 0 Å². The highest BCUT2D eigenvalue weighted by molar-refractivity contribution is 8.15. The Bertz CT molecular complexity index is 1190. The molecule has 0 atom stereocenters. The number of halogens is 1. The molecular weight excluding hydrogens is 484 g/mol. The van der Waals surface area contributed by atoms with Gasteiger partial charge in [-0.2, -0.15) is 0 Å². The third kappa shape index (κ3) is 5.28. The Hall–Kier alpha value is -2.71. The topological polar surface area (TPSA) is 75.5 Å². The standard InChI is InChI=1S/C26H31ClN4O3S/c1-6-35-24-23(18-8-7-16(2)17(3)13-18)29-26(30-24)9-11-31(12-10-26)25(32)28-20-14-19(27)21(33-4)15-22(20)34-5/h7-8,13-15H,6,9-12H2,1-5H3,(H,28,32). The van der Waals surface area contributed by atoms with Crippen molar-refractivity contribution < 1.29 is 14.3 Å². The zero-order valence-corrected chi connectivity index (χ0v) is 22.3. The minimum Gasteiger partial charge on any atom is -0.495 e. The van der Waals surface area contributed by atoms with Crippen LogP contribution in [0.5, 0.6) is 11.5 Å². The Morgan fingerprint density at radius 1 is 1.09 bits per heavy atom. The Morgan fingerprint density at radius 2 is 1.80 bits per heavy atom. The van der Waals surface area contributed by atoms with Gasteiger partial charge in [-0.25, -0.2) is 9.79 Å². The van der Waals surface area contributed by atoms with Crippen molar-refractivity contribution in [3.8, 4) is 11.5 Å². The average Bonchev–Trinajstić information content (AvgIpc) is 3.19. The second kappa shape index (κ2) is 10.5. The van der Waals surface area contributed by atoms with Crippen molar-refractivity contribution in [2.45, 2.75) is 39.3 Å². The molecule has 0 saturated carbocycles. The fraction of sp³-hybridized carbons (Fsp3) is 0.423. The van der Waals surface area contributed by atoms with E-state index >= 15 is 0 Å². The average molecular weight is 515 g/mol. The van der Waals surface area contributed by atoms with E-state index < -0.39 is 5.66 Å². The number of nitrogens with one attached hydrogen (secondary N) is 1. The lowest BCUT2D eigenvalue weighted by molar-refractivity contribution is 0.175. The molecule has 1 N–H and O–H groups in total. The first-order valence-corrected chi connectivity index (χ1v) is 13.0. The van der Waals surface area contributed by atoms with Gasteiger partial charge < -0.3 is 19.7 Å². The lowest BCUT2D eigenvalue weighted by Crippen LogP contribution is -2.46. The Morgan fingerprint density at radius 3 is 2.43 bits per heavy atom. The van der Waals surface area contributed by atoms with Gasteiger partial charge in [0, 0.05) is 37.6 Å². The maximum Gasteiger partial charge on any atom is 0.321 e. The maximum absolute atomic E-state index is 13.0. The number of amides is 2. The number of benzene rings is 2. The molecule has 0 unspecified atom stereocenters. The zero-order valence-electron chi connectivity index (χ0n) is 20.8. The maximum atomic E-state index is 13.0. The number of hydrogen-bond acceptors (Lipinski definition) is 6. The molecule has 0 aromatic heterocycles. The van der Waals surface area contributed by atoms with Gasteiger partial charge in [-0.1, -0.05) is 30.7 Å². The number of thioether (sulfide) groups is 1. The number of ether oxygens (including phenoxy) is 2. The number of methoxy groups -OCH3 is 2. The van der Waals surface area contributed by atoms with Gasteiger partial charge in [0.2, 0.25) is 0 Å². The first kappa shape index (κ1) is 25.4. The summed E-state index contributed by atoms with van der Waals surface area (Å²) in [5.74, 6) is 1.90. The third-order valence-electron chi connectivity index (χ3n) is 6.46. The molecule has 0 radical (unpaired) electrons. The molecule has 7 nitrogen and oxygen atoms in total. The molecule has 2 aromatic rings. The second-order valence-corrected chi connectivity index (χ2v) is 10.4. The summed E-state index contributed by atoms with van der Waals surface area (Å²) in [6, 6.07) is 9.54. The lowest BCUT2D eigenvalue weighted by atomic mass is 9.98. The number of urea groups is 1. The summed E-state index contributed by atoms with van der Waals surface area (Å²) in [7, 11) is 3.07. The number of anilines is 1. The normalized spacial score (nSPS) is 16.7. The van der Waals surface area contributed by atoms with E-state index in [1.165, 1.54) is 25.3 Å². The van der Waals surface area contributed by atoms with Crippen molar-refractivity contribution in [3.63, 3.8) is 0 Å². The van der Waals surface area contributed by atoms with Crippen molar-refractivity contribution in [3.05, 3.63) is 52.0 Å². The van der Waals surface area contributed by atoms with Gasteiger partial charge in [-0.15, -0.1) is 11.8 Å². The second-order valence-electron chi connectivity index (χ2n) is 8.70. The Kier molecular flexibility index (Phi) is 7.62. The van der Waals surface area contributed by atoms with Crippen LogP contribution in [-0.4, -0.2) is 60.4 Å². The minimum absolute atomic E-state index is 0.206. The molecule has 1 saturated heterocycles. The molecule has 1 spiro atoms. The molecule has 35 heavy (non-hydrogen) atoms. The van der Waals surface area contributed by atoms with Crippen LogP contribution in [0.25, 0.3) is 0 Å². The number of piperidine rings is 1. The molecule has 2 aliphatic rings. The van der Waals surface area contributed by atoms with E-state index in [1.807, 2.05) is 0 Å². The van der Waals surface area contributed by atoms with E-state index in [4.69, 9.17) is 31.1 Å². The predicted molar refractivity (Wildman–Crippen MR) is 145 cm³/mol. The van der Waals surface area contributed by atoms with Gasteiger partial charge in [0.1, 0.15) is 16.5 Å².